The third-order valence-electron chi connectivity index (χ3n) is 4.15. The van der Waals surface area contributed by atoms with E-state index in [2.05, 4.69) is 42.1 Å². The summed E-state index contributed by atoms with van der Waals surface area (Å²) < 4.78 is 2.06. The van der Waals surface area contributed by atoms with Crippen LogP contribution in [0.1, 0.15) is 44.7 Å². The average Bonchev–Trinajstić information content (AvgIpc) is 2.74. The molecule has 3 atom stereocenters. The molecule has 0 spiro atoms. The summed E-state index contributed by atoms with van der Waals surface area (Å²) in [5.41, 5.74) is 1.42. The minimum Gasteiger partial charge on any atom is -0.317 e. The van der Waals surface area contributed by atoms with Gasteiger partial charge in [0, 0.05) is 24.9 Å². The Hall–Kier alpha value is -0.830. The summed E-state index contributed by atoms with van der Waals surface area (Å²) in [6, 6.07) is 2.20. The molecule has 1 aromatic heterocycles. The highest BCUT2D eigenvalue weighted by atomic mass is 15.3. The second-order valence-corrected chi connectivity index (χ2v) is 5.47. The molecule has 3 heteroatoms. The van der Waals surface area contributed by atoms with Crippen LogP contribution in [0.5, 0.6) is 0 Å². The van der Waals surface area contributed by atoms with Crippen LogP contribution in [0.15, 0.2) is 12.3 Å². The van der Waals surface area contributed by atoms with Gasteiger partial charge in [0.25, 0.3) is 0 Å². The van der Waals surface area contributed by atoms with Gasteiger partial charge in [0.1, 0.15) is 0 Å². The van der Waals surface area contributed by atoms with E-state index in [1.165, 1.54) is 25.0 Å². The standard InChI is InChI=1S/C14H25N3/c1-4-15-10-12-6-5-11(2)9-13(12)14-7-8-16-17(14)3/h7-8,11-13,15H,4-6,9-10H2,1-3H3. The minimum absolute atomic E-state index is 0.685. The Morgan fingerprint density at radius 2 is 2.29 bits per heavy atom. The first kappa shape index (κ1) is 12.6. The van der Waals surface area contributed by atoms with Gasteiger partial charge in [-0.3, -0.25) is 4.68 Å². The van der Waals surface area contributed by atoms with Crippen molar-refractivity contribution < 1.29 is 0 Å². The Bertz CT molecular complexity index is 343. The van der Waals surface area contributed by atoms with E-state index in [0.29, 0.717) is 5.92 Å². The summed E-state index contributed by atoms with van der Waals surface area (Å²) in [6.45, 7) is 6.79. The lowest BCUT2D eigenvalue weighted by molar-refractivity contribution is 0.235. The zero-order valence-electron chi connectivity index (χ0n) is 11.3. The second-order valence-electron chi connectivity index (χ2n) is 5.47. The monoisotopic (exact) mass is 235 g/mol. The highest BCUT2D eigenvalue weighted by Crippen LogP contribution is 2.39. The molecule has 0 aliphatic heterocycles. The van der Waals surface area contributed by atoms with E-state index in [9.17, 15) is 0 Å². The van der Waals surface area contributed by atoms with Crippen LogP contribution in [0.25, 0.3) is 0 Å². The molecule has 17 heavy (non-hydrogen) atoms. The van der Waals surface area contributed by atoms with E-state index in [0.717, 1.165) is 24.9 Å². The van der Waals surface area contributed by atoms with E-state index in [1.807, 2.05) is 6.20 Å². The zero-order valence-corrected chi connectivity index (χ0v) is 11.3. The lowest BCUT2D eigenvalue weighted by Gasteiger charge is -2.35. The molecule has 1 saturated carbocycles. The number of hydrogen-bond donors (Lipinski definition) is 1. The van der Waals surface area contributed by atoms with E-state index in [4.69, 9.17) is 0 Å². The lowest BCUT2D eigenvalue weighted by Crippen LogP contribution is -2.32. The van der Waals surface area contributed by atoms with Crippen LogP contribution in [0, 0.1) is 11.8 Å². The van der Waals surface area contributed by atoms with Crippen molar-refractivity contribution in [3.63, 3.8) is 0 Å². The molecule has 1 aliphatic rings. The molecular formula is C14H25N3. The smallest absolute Gasteiger partial charge is 0.0492 e. The molecule has 96 valence electrons. The molecule has 0 saturated heterocycles. The van der Waals surface area contributed by atoms with Crippen LogP contribution in [-0.4, -0.2) is 22.9 Å². The Morgan fingerprint density at radius 3 is 2.94 bits per heavy atom. The molecule has 1 fully saturated rings. The van der Waals surface area contributed by atoms with E-state index >= 15 is 0 Å². The van der Waals surface area contributed by atoms with Crippen molar-refractivity contribution in [3.05, 3.63) is 18.0 Å². The summed E-state index contributed by atoms with van der Waals surface area (Å²) in [7, 11) is 2.07. The second kappa shape index (κ2) is 5.67. The summed E-state index contributed by atoms with van der Waals surface area (Å²) in [6.07, 6.45) is 5.98. The van der Waals surface area contributed by atoms with Crippen molar-refractivity contribution in [1.82, 2.24) is 15.1 Å². The van der Waals surface area contributed by atoms with E-state index < -0.39 is 0 Å². The first-order valence-electron chi connectivity index (χ1n) is 6.91. The van der Waals surface area contributed by atoms with Crippen molar-refractivity contribution >= 4 is 0 Å². The van der Waals surface area contributed by atoms with Gasteiger partial charge >= 0.3 is 0 Å². The minimum atomic E-state index is 0.685. The van der Waals surface area contributed by atoms with Gasteiger partial charge in [-0.25, -0.2) is 0 Å². The molecule has 0 radical (unpaired) electrons. The molecule has 2 rings (SSSR count). The van der Waals surface area contributed by atoms with Gasteiger partial charge in [-0.2, -0.15) is 5.10 Å². The van der Waals surface area contributed by atoms with Gasteiger partial charge in [-0.05, 0) is 43.8 Å². The Labute approximate surface area is 105 Å². The maximum Gasteiger partial charge on any atom is 0.0492 e. The zero-order chi connectivity index (χ0) is 12.3. The summed E-state index contributed by atoms with van der Waals surface area (Å²) in [5, 5.41) is 7.84. The van der Waals surface area contributed by atoms with Gasteiger partial charge in [0.05, 0.1) is 0 Å². The van der Waals surface area contributed by atoms with Crippen molar-refractivity contribution in [3.8, 4) is 0 Å². The maximum absolute atomic E-state index is 4.33. The molecule has 0 aromatic carbocycles. The molecule has 1 aromatic rings. The van der Waals surface area contributed by atoms with Crippen LogP contribution in [0.4, 0.5) is 0 Å². The molecule has 0 bridgehead atoms. The topological polar surface area (TPSA) is 29.9 Å². The van der Waals surface area contributed by atoms with Crippen LogP contribution in [-0.2, 0) is 7.05 Å². The fraction of sp³-hybridized carbons (Fsp3) is 0.786. The number of rotatable bonds is 4. The first-order chi connectivity index (χ1) is 8.22. The van der Waals surface area contributed by atoms with Crippen LogP contribution in [0.2, 0.25) is 0 Å². The molecule has 0 amide bonds. The SMILES string of the molecule is CCNCC1CCC(C)CC1c1ccnn1C. The number of nitrogens with one attached hydrogen (secondary N) is 1. The van der Waals surface area contributed by atoms with Gasteiger partial charge in [-0.1, -0.05) is 20.3 Å². The Kier molecular flexibility index (Phi) is 4.21. The average molecular weight is 235 g/mol. The van der Waals surface area contributed by atoms with Crippen LogP contribution in [0.3, 0.4) is 0 Å². The molecule has 1 heterocycles. The van der Waals surface area contributed by atoms with Crippen LogP contribution < -0.4 is 5.32 Å². The summed E-state index contributed by atoms with van der Waals surface area (Å²) in [4.78, 5) is 0. The van der Waals surface area contributed by atoms with E-state index in [1.54, 1.807) is 0 Å². The largest absolute Gasteiger partial charge is 0.317 e. The highest BCUT2D eigenvalue weighted by molar-refractivity contribution is 5.11. The summed E-state index contributed by atoms with van der Waals surface area (Å²) >= 11 is 0. The fourth-order valence-electron chi connectivity index (χ4n) is 3.13. The molecule has 3 unspecified atom stereocenters. The van der Waals surface area contributed by atoms with Crippen molar-refractivity contribution in [2.45, 2.75) is 39.0 Å². The molecular weight excluding hydrogens is 210 g/mol. The quantitative estimate of drug-likeness (QED) is 0.869. The van der Waals surface area contributed by atoms with Crippen LogP contribution >= 0.6 is 0 Å². The van der Waals surface area contributed by atoms with Crippen molar-refractivity contribution in [2.24, 2.45) is 18.9 Å². The number of nitrogens with zero attached hydrogens (tertiary/aromatic N) is 2. The molecule has 3 nitrogen and oxygen atoms in total. The fourth-order valence-corrected chi connectivity index (χ4v) is 3.13. The third-order valence-corrected chi connectivity index (χ3v) is 4.15. The first-order valence-corrected chi connectivity index (χ1v) is 6.91. The number of aromatic nitrogens is 2. The Morgan fingerprint density at radius 1 is 1.47 bits per heavy atom. The van der Waals surface area contributed by atoms with Gasteiger partial charge in [-0.15, -0.1) is 0 Å². The maximum atomic E-state index is 4.33. The summed E-state index contributed by atoms with van der Waals surface area (Å²) in [5.74, 6) is 2.32. The molecule has 1 N–H and O–H groups in total. The predicted octanol–water partition coefficient (Wildman–Crippen LogP) is 2.55. The number of hydrogen-bond acceptors (Lipinski definition) is 2. The van der Waals surface area contributed by atoms with Crippen molar-refractivity contribution in [2.75, 3.05) is 13.1 Å². The number of aryl methyl sites for hydroxylation is 1. The lowest BCUT2D eigenvalue weighted by atomic mass is 9.73. The van der Waals surface area contributed by atoms with Crippen molar-refractivity contribution in [1.29, 1.82) is 0 Å². The highest BCUT2D eigenvalue weighted by Gasteiger charge is 2.30. The Balaban J connectivity index is 2.11. The predicted molar refractivity (Wildman–Crippen MR) is 71.0 cm³/mol. The van der Waals surface area contributed by atoms with Gasteiger partial charge < -0.3 is 5.32 Å². The normalized spacial score (nSPS) is 29.5. The van der Waals surface area contributed by atoms with E-state index in [-0.39, 0.29) is 0 Å². The van der Waals surface area contributed by atoms with Gasteiger partial charge in [0.15, 0.2) is 0 Å². The third kappa shape index (κ3) is 2.89. The van der Waals surface area contributed by atoms with Gasteiger partial charge in [0.2, 0.25) is 0 Å². The molecule has 1 aliphatic carbocycles.